The van der Waals surface area contributed by atoms with Crippen LogP contribution in [-0.4, -0.2) is 9.97 Å². The third kappa shape index (κ3) is 1.90. The van der Waals surface area contributed by atoms with Gasteiger partial charge in [-0.1, -0.05) is 6.42 Å². The molecule has 0 aliphatic heterocycles. The van der Waals surface area contributed by atoms with Crippen molar-refractivity contribution in [3.63, 3.8) is 0 Å². The molecular weight excluding hydrogens is 216 g/mol. The van der Waals surface area contributed by atoms with E-state index in [0.717, 1.165) is 36.9 Å². The predicted octanol–water partition coefficient (Wildman–Crippen LogP) is 2.30. The van der Waals surface area contributed by atoms with Gasteiger partial charge in [-0.3, -0.25) is 4.79 Å². The molecule has 1 N–H and O–H groups in total. The minimum Gasteiger partial charge on any atom is -0.461 e. The molecule has 4 heteroatoms. The Bertz CT molecular complexity index is 570. The molecule has 3 rings (SSSR count). The SMILES string of the molecule is O=c1[nH]c(-c2ccco2)nc2c1CCCCC2. The Morgan fingerprint density at radius 3 is 2.94 bits per heavy atom. The number of furan rings is 1. The summed E-state index contributed by atoms with van der Waals surface area (Å²) in [5, 5.41) is 0. The monoisotopic (exact) mass is 230 g/mol. The van der Waals surface area contributed by atoms with E-state index < -0.39 is 0 Å². The average molecular weight is 230 g/mol. The Kier molecular flexibility index (Phi) is 2.55. The second-order valence-corrected chi connectivity index (χ2v) is 4.38. The lowest BCUT2D eigenvalue weighted by atomic mass is 10.1. The summed E-state index contributed by atoms with van der Waals surface area (Å²) in [6.07, 6.45) is 6.69. The Labute approximate surface area is 98.7 Å². The van der Waals surface area contributed by atoms with Crippen LogP contribution >= 0.6 is 0 Å². The fourth-order valence-electron chi connectivity index (χ4n) is 2.31. The number of H-pyrrole nitrogens is 1. The van der Waals surface area contributed by atoms with Crippen LogP contribution in [0.15, 0.2) is 27.6 Å². The van der Waals surface area contributed by atoms with Gasteiger partial charge in [0.15, 0.2) is 11.6 Å². The summed E-state index contributed by atoms with van der Waals surface area (Å²) in [5.74, 6) is 1.16. The lowest BCUT2D eigenvalue weighted by Gasteiger charge is -2.05. The maximum absolute atomic E-state index is 12.0. The first-order valence-corrected chi connectivity index (χ1v) is 6.00. The minimum absolute atomic E-state index is 0.0108. The first kappa shape index (κ1) is 10.3. The second-order valence-electron chi connectivity index (χ2n) is 4.38. The van der Waals surface area contributed by atoms with E-state index >= 15 is 0 Å². The number of nitrogens with one attached hydrogen (secondary N) is 1. The summed E-state index contributed by atoms with van der Waals surface area (Å²) in [7, 11) is 0. The summed E-state index contributed by atoms with van der Waals surface area (Å²) >= 11 is 0. The predicted molar refractivity (Wildman–Crippen MR) is 63.8 cm³/mol. The maximum atomic E-state index is 12.0. The summed E-state index contributed by atoms with van der Waals surface area (Å²) < 4.78 is 5.26. The highest BCUT2D eigenvalue weighted by Crippen LogP contribution is 2.19. The molecule has 0 bridgehead atoms. The molecule has 2 heterocycles. The van der Waals surface area contributed by atoms with E-state index in [9.17, 15) is 4.79 Å². The number of aromatic nitrogens is 2. The Morgan fingerprint density at radius 1 is 1.24 bits per heavy atom. The lowest BCUT2D eigenvalue weighted by Crippen LogP contribution is -2.17. The van der Waals surface area contributed by atoms with Crippen molar-refractivity contribution in [2.24, 2.45) is 0 Å². The van der Waals surface area contributed by atoms with Gasteiger partial charge in [0.05, 0.1) is 12.0 Å². The molecule has 4 nitrogen and oxygen atoms in total. The standard InChI is InChI=1S/C13H14N2O2/c16-13-9-5-2-1-3-6-10(9)14-12(15-13)11-7-4-8-17-11/h4,7-8H,1-3,5-6H2,(H,14,15,16). The normalized spacial score (nSPS) is 15.3. The van der Waals surface area contributed by atoms with E-state index in [1.807, 2.05) is 0 Å². The quantitative estimate of drug-likeness (QED) is 0.765. The number of hydrogen-bond acceptors (Lipinski definition) is 3. The fraction of sp³-hybridized carbons (Fsp3) is 0.385. The van der Waals surface area contributed by atoms with E-state index in [2.05, 4.69) is 9.97 Å². The van der Waals surface area contributed by atoms with Gasteiger partial charge in [-0.25, -0.2) is 4.98 Å². The van der Waals surface area contributed by atoms with Crippen molar-refractivity contribution in [1.29, 1.82) is 0 Å². The minimum atomic E-state index is -0.0108. The molecule has 0 fully saturated rings. The zero-order valence-electron chi connectivity index (χ0n) is 9.53. The molecule has 0 spiro atoms. The van der Waals surface area contributed by atoms with Gasteiger partial charge in [0, 0.05) is 5.56 Å². The molecule has 0 aromatic carbocycles. The van der Waals surface area contributed by atoms with Crippen molar-refractivity contribution in [2.75, 3.05) is 0 Å². The van der Waals surface area contributed by atoms with Crippen LogP contribution in [0.4, 0.5) is 0 Å². The molecule has 2 aromatic rings. The van der Waals surface area contributed by atoms with E-state index in [4.69, 9.17) is 4.42 Å². The van der Waals surface area contributed by atoms with Gasteiger partial charge in [0.1, 0.15) is 0 Å². The second kappa shape index (κ2) is 4.20. The summed E-state index contributed by atoms with van der Waals surface area (Å²) in [6.45, 7) is 0. The first-order chi connectivity index (χ1) is 8.34. The number of aryl methyl sites for hydroxylation is 1. The summed E-state index contributed by atoms with van der Waals surface area (Å²) in [6, 6.07) is 3.60. The lowest BCUT2D eigenvalue weighted by molar-refractivity contribution is 0.576. The summed E-state index contributed by atoms with van der Waals surface area (Å²) in [5.41, 5.74) is 1.79. The fourth-order valence-corrected chi connectivity index (χ4v) is 2.31. The van der Waals surface area contributed by atoms with Crippen LogP contribution in [0.25, 0.3) is 11.6 Å². The molecule has 0 saturated carbocycles. The van der Waals surface area contributed by atoms with Gasteiger partial charge in [-0.05, 0) is 37.8 Å². The topological polar surface area (TPSA) is 58.9 Å². The third-order valence-electron chi connectivity index (χ3n) is 3.20. The zero-order valence-corrected chi connectivity index (χ0v) is 9.53. The first-order valence-electron chi connectivity index (χ1n) is 6.00. The van der Waals surface area contributed by atoms with Crippen LogP contribution < -0.4 is 5.56 Å². The molecule has 17 heavy (non-hydrogen) atoms. The van der Waals surface area contributed by atoms with Gasteiger partial charge in [-0.2, -0.15) is 0 Å². The van der Waals surface area contributed by atoms with Crippen LogP contribution in [0.5, 0.6) is 0 Å². The van der Waals surface area contributed by atoms with Crippen molar-refractivity contribution in [3.8, 4) is 11.6 Å². The van der Waals surface area contributed by atoms with E-state index in [-0.39, 0.29) is 5.56 Å². The molecule has 1 aliphatic rings. The molecule has 0 saturated heterocycles. The Morgan fingerprint density at radius 2 is 2.12 bits per heavy atom. The van der Waals surface area contributed by atoms with Crippen LogP contribution in [0.1, 0.15) is 30.5 Å². The van der Waals surface area contributed by atoms with Crippen LogP contribution in [0.2, 0.25) is 0 Å². The van der Waals surface area contributed by atoms with Crippen molar-refractivity contribution in [1.82, 2.24) is 9.97 Å². The molecule has 0 amide bonds. The number of rotatable bonds is 1. The smallest absolute Gasteiger partial charge is 0.254 e. The zero-order chi connectivity index (χ0) is 11.7. The van der Waals surface area contributed by atoms with E-state index in [1.165, 1.54) is 6.42 Å². The summed E-state index contributed by atoms with van der Waals surface area (Å²) in [4.78, 5) is 19.3. The van der Waals surface area contributed by atoms with Crippen molar-refractivity contribution < 1.29 is 4.42 Å². The highest BCUT2D eigenvalue weighted by Gasteiger charge is 2.15. The van der Waals surface area contributed by atoms with Gasteiger partial charge >= 0.3 is 0 Å². The van der Waals surface area contributed by atoms with Crippen molar-refractivity contribution >= 4 is 0 Å². The number of fused-ring (bicyclic) bond motifs is 1. The maximum Gasteiger partial charge on any atom is 0.254 e. The molecular formula is C13H14N2O2. The third-order valence-corrected chi connectivity index (χ3v) is 3.20. The van der Waals surface area contributed by atoms with E-state index in [1.54, 1.807) is 18.4 Å². The molecule has 1 aliphatic carbocycles. The van der Waals surface area contributed by atoms with Gasteiger partial charge in [0.2, 0.25) is 0 Å². The van der Waals surface area contributed by atoms with Crippen LogP contribution in [0, 0.1) is 0 Å². The molecule has 0 unspecified atom stereocenters. The molecule has 0 radical (unpaired) electrons. The van der Waals surface area contributed by atoms with Crippen molar-refractivity contribution in [2.45, 2.75) is 32.1 Å². The van der Waals surface area contributed by atoms with E-state index in [0.29, 0.717) is 11.6 Å². The molecule has 88 valence electrons. The van der Waals surface area contributed by atoms with Crippen LogP contribution in [-0.2, 0) is 12.8 Å². The number of hydrogen-bond donors (Lipinski definition) is 1. The number of nitrogens with zero attached hydrogens (tertiary/aromatic N) is 1. The highest BCUT2D eigenvalue weighted by atomic mass is 16.3. The Balaban J connectivity index is 2.12. The van der Waals surface area contributed by atoms with Crippen molar-refractivity contribution in [3.05, 3.63) is 40.0 Å². The largest absolute Gasteiger partial charge is 0.461 e. The van der Waals surface area contributed by atoms with Crippen LogP contribution in [0.3, 0.4) is 0 Å². The average Bonchev–Trinajstić information content (AvgIpc) is 2.75. The molecule has 0 atom stereocenters. The number of aromatic amines is 1. The van der Waals surface area contributed by atoms with Gasteiger partial charge in [0.25, 0.3) is 5.56 Å². The Hall–Kier alpha value is -1.84. The van der Waals surface area contributed by atoms with Gasteiger partial charge < -0.3 is 9.40 Å². The molecule has 2 aromatic heterocycles. The highest BCUT2D eigenvalue weighted by molar-refractivity contribution is 5.46. The van der Waals surface area contributed by atoms with Gasteiger partial charge in [-0.15, -0.1) is 0 Å².